The van der Waals surface area contributed by atoms with E-state index in [0.29, 0.717) is 11.6 Å². The number of aryl methyl sites for hydroxylation is 1. The van der Waals surface area contributed by atoms with Crippen molar-refractivity contribution in [2.24, 2.45) is 0 Å². The molecule has 0 saturated carbocycles. The molecule has 30 heavy (non-hydrogen) atoms. The fourth-order valence-corrected chi connectivity index (χ4v) is 3.02. The number of rotatable bonds is 4. The SMILES string of the molecule is [C-]#[N+]c1c(C(F)(F)C(F)(F)F)cc(-c2ccccc2)n(Cc2ccc(C)cc2)c1=O. The maximum absolute atomic E-state index is 14.2. The first-order valence-corrected chi connectivity index (χ1v) is 8.77. The zero-order chi connectivity index (χ0) is 22.1. The summed E-state index contributed by atoms with van der Waals surface area (Å²) in [5, 5.41) is 0. The fourth-order valence-electron chi connectivity index (χ4n) is 3.02. The molecule has 0 amide bonds. The second-order valence-corrected chi connectivity index (χ2v) is 6.72. The van der Waals surface area contributed by atoms with E-state index in [1.54, 1.807) is 42.5 Å². The Morgan fingerprint density at radius 1 is 0.967 bits per heavy atom. The summed E-state index contributed by atoms with van der Waals surface area (Å²) < 4.78 is 68.5. The van der Waals surface area contributed by atoms with Gasteiger partial charge in [-0.15, -0.1) is 0 Å². The Bertz CT molecular complexity index is 1160. The summed E-state index contributed by atoms with van der Waals surface area (Å²) in [6.07, 6.45) is -5.95. The third-order valence-electron chi connectivity index (χ3n) is 4.61. The van der Waals surface area contributed by atoms with Crippen LogP contribution in [0.15, 0.2) is 65.5 Å². The summed E-state index contributed by atoms with van der Waals surface area (Å²) in [6.45, 7) is 8.86. The van der Waals surface area contributed by atoms with Crippen molar-refractivity contribution >= 4 is 5.69 Å². The van der Waals surface area contributed by atoms with E-state index >= 15 is 0 Å². The van der Waals surface area contributed by atoms with Gasteiger partial charge in [-0.2, -0.15) is 22.0 Å². The molecule has 0 bridgehead atoms. The van der Waals surface area contributed by atoms with Crippen LogP contribution in [0.2, 0.25) is 0 Å². The van der Waals surface area contributed by atoms with Crippen molar-refractivity contribution in [2.45, 2.75) is 25.6 Å². The second kappa shape index (κ2) is 7.75. The van der Waals surface area contributed by atoms with Crippen LogP contribution in [0.4, 0.5) is 27.6 Å². The average Bonchev–Trinajstić information content (AvgIpc) is 2.70. The van der Waals surface area contributed by atoms with Crippen LogP contribution in [0.1, 0.15) is 16.7 Å². The number of benzene rings is 2. The Kier molecular flexibility index (Phi) is 5.49. The van der Waals surface area contributed by atoms with Gasteiger partial charge in [0.15, 0.2) is 0 Å². The molecule has 0 saturated heterocycles. The smallest absolute Gasteiger partial charge is 0.313 e. The third-order valence-corrected chi connectivity index (χ3v) is 4.61. The number of pyridine rings is 1. The molecule has 0 fully saturated rings. The summed E-state index contributed by atoms with van der Waals surface area (Å²) in [4.78, 5) is 15.6. The molecule has 2 aromatic carbocycles. The molecule has 3 nitrogen and oxygen atoms in total. The Morgan fingerprint density at radius 3 is 2.10 bits per heavy atom. The predicted molar refractivity (Wildman–Crippen MR) is 103 cm³/mol. The van der Waals surface area contributed by atoms with Crippen molar-refractivity contribution in [2.75, 3.05) is 0 Å². The van der Waals surface area contributed by atoms with Crippen LogP contribution in [0.5, 0.6) is 0 Å². The number of hydrogen-bond donors (Lipinski definition) is 0. The minimum atomic E-state index is -5.95. The number of aromatic nitrogens is 1. The van der Waals surface area contributed by atoms with Crippen molar-refractivity contribution in [1.82, 2.24) is 4.57 Å². The molecule has 1 aromatic heterocycles. The van der Waals surface area contributed by atoms with Crippen LogP contribution < -0.4 is 5.56 Å². The van der Waals surface area contributed by atoms with Crippen LogP contribution >= 0.6 is 0 Å². The molecule has 0 N–H and O–H groups in total. The van der Waals surface area contributed by atoms with E-state index in [2.05, 4.69) is 4.85 Å². The van der Waals surface area contributed by atoms with E-state index in [0.717, 1.165) is 10.1 Å². The molecular formula is C22H15F5N2O. The molecule has 1 heterocycles. The van der Waals surface area contributed by atoms with E-state index < -0.39 is 28.9 Å². The predicted octanol–water partition coefficient (Wildman–Crippen LogP) is 6.08. The van der Waals surface area contributed by atoms with Gasteiger partial charge in [0.2, 0.25) is 0 Å². The van der Waals surface area contributed by atoms with Crippen LogP contribution in [0.25, 0.3) is 16.1 Å². The van der Waals surface area contributed by atoms with Crippen molar-refractivity contribution in [3.05, 3.63) is 99.1 Å². The van der Waals surface area contributed by atoms with Gasteiger partial charge in [-0.3, -0.25) is 4.79 Å². The summed E-state index contributed by atoms with van der Waals surface area (Å²) in [6, 6.07) is 15.4. The van der Waals surface area contributed by atoms with Crippen molar-refractivity contribution < 1.29 is 22.0 Å². The van der Waals surface area contributed by atoms with E-state index in [1.807, 2.05) is 6.92 Å². The molecule has 154 valence electrons. The average molecular weight is 418 g/mol. The Balaban J connectivity index is 2.33. The fraction of sp³-hybridized carbons (Fsp3) is 0.182. The van der Waals surface area contributed by atoms with Gasteiger partial charge in [0.1, 0.15) is 0 Å². The standard InChI is InChI=1S/C22H15F5N2O/c1-14-8-10-15(11-9-14)13-29-18(16-6-4-3-5-7-16)12-17(19(28-2)20(29)30)21(23,24)22(25,26)27/h3-12H,13H2,1H3. The van der Waals surface area contributed by atoms with Gasteiger partial charge < -0.3 is 4.57 Å². The van der Waals surface area contributed by atoms with E-state index in [1.165, 1.54) is 12.1 Å². The van der Waals surface area contributed by atoms with Gasteiger partial charge in [0, 0.05) is 17.8 Å². The Hall–Kier alpha value is -3.47. The highest BCUT2D eigenvalue weighted by atomic mass is 19.4. The van der Waals surface area contributed by atoms with Gasteiger partial charge >= 0.3 is 12.1 Å². The first-order valence-electron chi connectivity index (χ1n) is 8.77. The zero-order valence-electron chi connectivity index (χ0n) is 15.7. The second-order valence-electron chi connectivity index (χ2n) is 6.72. The first-order chi connectivity index (χ1) is 14.1. The summed E-state index contributed by atoms with van der Waals surface area (Å²) in [7, 11) is 0. The summed E-state index contributed by atoms with van der Waals surface area (Å²) in [5.41, 5.74) is -2.36. The molecule has 3 rings (SSSR count). The highest BCUT2D eigenvalue weighted by molar-refractivity contribution is 5.66. The highest BCUT2D eigenvalue weighted by Gasteiger charge is 2.60. The van der Waals surface area contributed by atoms with Crippen LogP contribution in [0, 0.1) is 13.5 Å². The summed E-state index contributed by atoms with van der Waals surface area (Å²) >= 11 is 0. The molecule has 0 aliphatic carbocycles. The van der Waals surface area contributed by atoms with Crippen molar-refractivity contribution in [3.8, 4) is 11.3 Å². The number of nitrogens with zero attached hydrogens (tertiary/aromatic N) is 2. The molecular weight excluding hydrogens is 403 g/mol. The van der Waals surface area contributed by atoms with Gasteiger partial charge in [0.05, 0.1) is 6.57 Å². The number of halogens is 5. The lowest BCUT2D eigenvalue weighted by molar-refractivity contribution is -0.289. The largest absolute Gasteiger partial charge is 0.456 e. The van der Waals surface area contributed by atoms with E-state index in [-0.39, 0.29) is 17.8 Å². The maximum atomic E-state index is 14.2. The van der Waals surface area contributed by atoms with Gasteiger partial charge in [-0.1, -0.05) is 60.2 Å². The molecule has 0 radical (unpaired) electrons. The van der Waals surface area contributed by atoms with E-state index in [4.69, 9.17) is 6.57 Å². The van der Waals surface area contributed by atoms with E-state index in [9.17, 15) is 26.7 Å². The maximum Gasteiger partial charge on any atom is 0.456 e. The minimum Gasteiger partial charge on any atom is -0.313 e. The molecule has 0 aliphatic rings. The Labute approximate surface area is 168 Å². The molecule has 3 aromatic rings. The van der Waals surface area contributed by atoms with Crippen LogP contribution in [-0.2, 0) is 12.5 Å². The summed E-state index contributed by atoms with van der Waals surface area (Å²) in [5.74, 6) is -5.35. The topological polar surface area (TPSA) is 26.4 Å². The molecule has 0 spiro atoms. The molecule has 0 aliphatic heterocycles. The van der Waals surface area contributed by atoms with Gasteiger partial charge in [0.25, 0.3) is 11.2 Å². The lowest BCUT2D eigenvalue weighted by atomic mass is 10.0. The normalized spacial score (nSPS) is 11.9. The quantitative estimate of drug-likeness (QED) is 0.373. The number of hydrogen-bond acceptors (Lipinski definition) is 1. The third kappa shape index (κ3) is 3.83. The first kappa shape index (κ1) is 21.2. The van der Waals surface area contributed by atoms with Gasteiger partial charge in [-0.05, 0) is 24.1 Å². The van der Waals surface area contributed by atoms with Gasteiger partial charge in [-0.25, -0.2) is 4.85 Å². The lowest BCUT2D eigenvalue weighted by Crippen LogP contribution is -2.36. The zero-order valence-corrected chi connectivity index (χ0v) is 15.7. The number of alkyl halides is 5. The molecule has 0 atom stereocenters. The highest BCUT2D eigenvalue weighted by Crippen LogP contribution is 2.47. The monoisotopic (exact) mass is 418 g/mol. The van der Waals surface area contributed by atoms with Crippen LogP contribution in [-0.4, -0.2) is 10.7 Å². The Morgan fingerprint density at radius 2 is 1.57 bits per heavy atom. The lowest BCUT2D eigenvalue weighted by Gasteiger charge is -2.23. The minimum absolute atomic E-state index is 0.0935. The van der Waals surface area contributed by atoms with Crippen LogP contribution in [0.3, 0.4) is 0 Å². The molecule has 8 heteroatoms. The van der Waals surface area contributed by atoms with Crippen molar-refractivity contribution in [3.63, 3.8) is 0 Å². The van der Waals surface area contributed by atoms with Crippen molar-refractivity contribution in [1.29, 1.82) is 0 Å². The molecule has 0 unspecified atom stereocenters.